The van der Waals surface area contributed by atoms with Gasteiger partial charge < -0.3 is 5.73 Å². The number of likely N-dealkylation sites (tertiary alicyclic amines) is 1. The van der Waals surface area contributed by atoms with Gasteiger partial charge in [0.2, 0.25) is 0 Å². The van der Waals surface area contributed by atoms with Gasteiger partial charge in [-0.05, 0) is 44.2 Å². The maximum absolute atomic E-state index is 6.15. The van der Waals surface area contributed by atoms with Crippen molar-refractivity contribution in [3.05, 3.63) is 0 Å². The first-order valence-corrected chi connectivity index (χ1v) is 6.57. The van der Waals surface area contributed by atoms with Gasteiger partial charge in [-0.2, -0.15) is 0 Å². The Hall–Kier alpha value is -0.0800. The number of hydrogen-bond donors (Lipinski definition) is 1. The summed E-state index contributed by atoms with van der Waals surface area (Å²) in [6.07, 6.45) is 8.17. The highest BCUT2D eigenvalue weighted by Crippen LogP contribution is 2.47. The second-order valence-electron chi connectivity index (χ2n) is 6.02. The van der Waals surface area contributed by atoms with Gasteiger partial charge in [-0.1, -0.05) is 26.7 Å². The Bertz CT molecular complexity index is 219. The van der Waals surface area contributed by atoms with Crippen LogP contribution < -0.4 is 5.73 Å². The molecule has 0 spiro atoms. The van der Waals surface area contributed by atoms with Gasteiger partial charge in [0.15, 0.2) is 0 Å². The molecular weight excluding hydrogens is 184 g/mol. The van der Waals surface area contributed by atoms with E-state index in [1.54, 1.807) is 0 Å². The summed E-state index contributed by atoms with van der Waals surface area (Å²) in [5.41, 5.74) is 6.87. The number of nitrogens with zero attached hydrogens (tertiary/aromatic N) is 1. The fourth-order valence-corrected chi connectivity index (χ4v) is 3.79. The molecule has 88 valence electrons. The van der Waals surface area contributed by atoms with Crippen molar-refractivity contribution in [2.45, 2.75) is 57.9 Å². The van der Waals surface area contributed by atoms with Crippen LogP contribution in [-0.4, -0.2) is 30.1 Å². The monoisotopic (exact) mass is 210 g/mol. The molecule has 0 aromatic heterocycles. The number of rotatable bonds is 2. The van der Waals surface area contributed by atoms with Gasteiger partial charge in [-0.3, -0.25) is 4.90 Å². The SMILES string of the molecule is CC1(C)CCCCC1(CN)N1CCCC1. The first-order chi connectivity index (χ1) is 7.12. The summed E-state index contributed by atoms with van der Waals surface area (Å²) in [6.45, 7) is 8.26. The summed E-state index contributed by atoms with van der Waals surface area (Å²) >= 11 is 0. The average molecular weight is 210 g/mol. The van der Waals surface area contributed by atoms with Crippen molar-refractivity contribution in [1.29, 1.82) is 0 Å². The van der Waals surface area contributed by atoms with E-state index in [2.05, 4.69) is 18.7 Å². The van der Waals surface area contributed by atoms with Crippen LogP contribution in [0.1, 0.15) is 52.4 Å². The molecule has 1 atom stereocenters. The Kier molecular flexibility index (Phi) is 3.09. The topological polar surface area (TPSA) is 29.3 Å². The van der Waals surface area contributed by atoms with Gasteiger partial charge in [0.1, 0.15) is 0 Å². The van der Waals surface area contributed by atoms with E-state index < -0.39 is 0 Å². The van der Waals surface area contributed by atoms with Gasteiger partial charge in [0.05, 0.1) is 0 Å². The molecule has 1 saturated heterocycles. The zero-order chi connectivity index (χ0) is 10.9. The molecule has 0 aromatic carbocycles. The molecule has 2 fully saturated rings. The molecule has 2 nitrogen and oxygen atoms in total. The molecule has 1 saturated carbocycles. The average Bonchev–Trinajstić information content (AvgIpc) is 2.71. The Morgan fingerprint density at radius 3 is 2.13 bits per heavy atom. The van der Waals surface area contributed by atoms with Crippen LogP contribution in [0.5, 0.6) is 0 Å². The predicted octanol–water partition coefficient (Wildman–Crippen LogP) is 2.38. The molecule has 2 rings (SSSR count). The minimum Gasteiger partial charge on any atom is -0.329 e. The predicted molar refractivity (Wildman–Crippen MR) is 64.8 cm³/mol. The van der Waals surface area contributed by atoms with Crippen molar-refractivity contribution in [1.82, 2.24) is 4.90 Å². The van der Waals surface area contributed by atoms with Crippen LogP contribution >= 0.6 is 0 Å². The molecule has 1 aliphatic carbocycles. The maximum atomic E-state index is 6.15. The molecule has 15 heavy (non-hydrogen) atoms. The van der Waals surface area contributed by atoms with E-state index in [4.69, 9.17) is 5.73 Å². The molecule has 1 unspecified atom stereocenters. The quantitative estimate of drug-likeness (QED) is 0.758. The minimum absolute atomic E-state index is 0.307. The lowest BCUT2D eigenvalue weighted by Crippen LogP contribution is -2.62. The Morgan fingerprint density at radius 1 is 1.00 bits per heavy atom. The third kappa shape index (κ3) is 1.72. The van der Waals surface area contributed by atoms with Crippen LogP contribution in [0.4, 0.5) is 0 Å². The molecule has 0 aromatic rings. The van der Waals surface area contributed by atoms with Crippen molar-refractivity contribution < 1.29 is 0 Å². The molecule has 2 aliphatic rings. The summed E-state index contributed by atoms with van der Waals surface area (Å²) in [5, 5.41) is 0. The minimum atomic E-state index is 0.307. The van der Waals surface area contributed by atoms with Crippen LogP contribution in [0.2, 0.25) is 0 Å². The van der Waals surface area contributed by atoms with Crippen molar-refractivity contribution in [3.63, 3.8) is 0 Å². The number of hydrogen-bond acceptors (Lipinski definition) is 2. The van der Waals surface area contributed by atoms with Crippen molar-refractivity contribution in [3.8, 4) is 0 Å². The second-order valence-corrected chi connectivity index (χ2v) is 6.02. The summed E-state index contributed by atoms with van der Waals surface area (Å²) in [4.78, 5) is 2.70. The maximum Gasteiger partial charge on any atom is 0.0382 e. The highest BCUT2D eigenvalue weighted by Gasteiger charge is 2.49. The first kappa shape index (κ1) is 11.4. The van der Waals surface area contributed by atoms with Crippen LogP contribution in [0, 0.1) is 5.41 Å². The van der Waals surface area contributed by atoms with E-state index in [1.165, 1.54) is 51.6 Å². The fourth-order valence-electron chi connectivity index (χ4n) is 3.79. The molecule has 2 heteroatoms. The van der Waals surface area contributed by atoms with Crippen LogP contribution in [0.15, 0.2) is 0 Å². The lowest BCUT2D eigenvalue weighted by atomic mass is 9.62. The molecule has 0 radical (unpaired) electrons. The van der Waals surface area contributed by atoms with Crippen molar-refractivity contribution in [2.75, 3.05) is 19.6 Å². The zero-order valence-corrected chi connectivity index (χ0v) is 10.4. The van der Waals surface area contributed by atoms with Crippen LogP contribution in [-0.2, 0) is 0 Å². The summed E-state index contributed by atoms with van der Waals surface area (Å²) < 4.78 is 0. The third-order valence-electron chi connectivity index (χ3n) is 4.95. The standard InChI is InChI=1S/C13H26N2/c1-12(2)7-3-4-8-13(12,11-14)15-9-5-6-10-15/h3-11,14H2,1-2H3. The number of nitrogens with two attached hydrogens (primary N) is 1. The van der Waals surface area contributed by atoms with E-state index in [1.807, 2.05) is 0 Å². The lowest BCUT2D eigenvalue weighted by Gasteiger charge is -2.55. The molecule has 0 amide bonds. The Labute approximate surface area is 94.2 Å². The molecule has 1 aliphatic heterocycles. The Balaban J connectivity index is 2.23. The second kappa shape index (κ2) is 4.06. The lowest BCUT2D eigenvalue weighted by molar-refractivity contribution is -0.0304. The van der Waals surface area contributed by atoms with E-state index >= 15 is 0 Å². The van der Waals surface area contributed by atoms with E-state index in [9.17, 15) is 0 Å². The molecular formula is C13H26N2. The molecule has 2 N–H and O–H groups in total. The van der Waals surface area contributed by atoms with Gasteiger partial charge in [-0.15, -0.1) is 0 Å². The van der Waals surface area contributed by atoms with E-state index in [-0.39, 0.29) is 0 Å². The highest BCUT2D eigenvalue weighted by molar-refractivity contribution is 5.05. The van der Waals surface area contributed by atoms with Gasteiger partial charge in [-0.25, -0.2) is 0 Å². The summed E-state index contributed by atoms with van der Waals surface area (Å²) in [6, 6.07) is 0. The van der Waals surface area contributed by atoms with Gasteiger partial charge in [0, 0.05) is 12.1 Å². The van der Waals surface area contributed by atoms with Crippen molar-refractivity contribution >= 4 is 0 Å². The fraction of sp³-hybridized carbons (Fsp3) is 1.00. The smallest absolute Gasteiger partial charge is 0.0382 e. The summed E-state index contributed by atoms with van der Waals surface area (Å²) in [5.74, 6) is 0. The molecule has 0 bridgehead atoms. The van der Waals surface area contributed by atoms with Gasteiger partial charge >= 0.3 is 0 Å². The van der Waals surface area contributed by atoms with Crippen molar-refractivity contribution in [2.24, 2.45) is 11.1 Å². The highest BCUT2D eigenvalue weighted by atomic mass is 15.2. The van der Waals surface area contributed by atoms with Crippen LogP contribution in [0.25, 0.3) is 0 Å². The van der Waals surface area contributed by atoms with E-state index in [0.717, 1.165) is 6.54 Å². The Morgan fingerprint density at radius 2 is 1.60 bits per heavy atom. The van der Waals surface area contributed by atoms with E-state index in [0.29, 0.717) is 11.0 Å². The van der Waals surface area contributed by atoms with Crippen LogP contribution in [0.3, 0.4) is 0 Å². The first-order valence-electron chi connectivity index (χ1n) is 6.57. The third-order valence-corrected chi connectivity index (χ3v) is 4.95. The normalized spacial score (nSPS) is 37.0. The summed E-state index contributed by atoms with van der Waals surface area (Å²) in [7, 11) is 0. The zero-order valence-electron chi connectivity index (χ0n) is 10.4. The van der Waals surface area contributed by atoms with Gasteiger partial charge in [0.25, 0.3) is 0 Å². The largest absolute Gasteiger partial charge is 0.329 e. The molecule has 1 heterocycles.